The number of carbonyl (C=O) groups is 1. The van der Waals surface area contributed by atoms with Crippen molar-refractivity contribution >= 4 is 17.5 Å². The van der Waals surface area contributed by atoms with Gasteiger partial charge in [-0.3, -0.25) is 4.79 Å². The van der Waals surface area contributed by atoms with Gasteiger partial charge in [-0.05, 0) is 13.8 Å². The molecule has 0 spiro atoms. The molecule has 0 saturated carbocycles. The number of amides is 1. The Morgan fingerprint density at radius 2 is 1.89 bits per heavy atom. The van der Waals surface area contributed by atoms with Crippen LogP contribution in [0.3, 0.4) is 0 Å². The van der Waals surface area contributed by atoms with Crippen molar-refractivity contribution in [2.75, 3.05) is 37.8 Å². The van der Waals surface area contributed by atoms with Crippen LogP contribution in [0.2, 0.25) is 0 Å². The fraction of sp³-hybridized carbons (Fsp3) is 0.615. The quantitative estimate of drug-likeness (QED) is 0.854. The average Bonchev–Trinajstić information content (AvgIpc) is 2.38. The zero-order chi connectivity index (χ0) is 14.6. The number of nitrogen functional groups attached to an aromatic ring is 1. The van der Waals surface area contributed by atoms with Crippen LogP contribution < -0.4 is 10.6 Å². The summed E-state index contributed by atoms with van der Waals surface area (Å²) in [4.78, 5) is 24.1. The molecule has 1 rings (SSSR count). The van der Waals surface area contributed by atoms with Crippen LogP contribution in [0, 0.1) is 6.92 Å². The summed E-state index contributed by atoms with van der Waals surface area (Å²) in [5.74, 6) is 1.98. The molecule has 0 atom stereocenters. The minimum Gasteiger partial charge on any atom is -0.383 e. The van der Waals surface area contributed by atoms with Crippen LogP contribution in [-0.2, 0) is 11.2 Å². The van der Waals surface area contributed by atoms with Gasteiger partial charge in [-0.15, -0.1) is 0 Å². The monoisotopic (exact) mass is 265 g/mol. The van der Waals surface area contributed by atoms with Crippen molar-refractivity contribution in [1.29, 1.82) is 0 Å². The predicted octanol–water partition coefficient (Wildman–Crippen LogP) is 0.844. The minimum absolute atomic E-state index is 0.0384. The summed E-state index contributed by atoms with van der Waals surface area (Å²) >= 11 is 0. The molecule has 0 aromatic carbocycles. The van der Waals surface area contributed by atoms with E-state index >= 15 is 0 Å². The van der Waals surface area contributed by atoms with Gasteiger partial charge >= 0.3 is 0 Å². The maximum Gasteiger partial charge on any atom is 0.241 e. The first-order valence-corrected chi connectivity index (χ1v) is 6.48. The van der Waals surface area contributed by atoms with E-state index in [0.717, 1.165) is 17.8 Å². The molecule has 0 aliphatic carbocycles. The van der Waals surface area contributed by atoms with Crippen molar-refractivity contribution in [3.63, 3.8) is 0 Å². The van der Waals surface area contributed by atoms with Gasteiger partial charge in [-0.25, -0.2) is 9.97 Å². The summed E-state index contributed by atoms with van der Waals surface area (Å²) in [6.07, 6.45) is 0.719. The first kappa shape index (κ1) is 15.2. The lowest BCUT2D eigenvalue weighted by Crippen LogP contribution is -2.37. The first-order chi connectivity index (χ1) is 8.90. The number of hydrogen-bond donors (Lipinski definition) is 1. The molecule has 1 aromatic heterocycles. The number of hydrogen-bond acceptors (Lipinski definition) is 5. The number of nitrogens with two attached hydrogens (primary N) is 1. The van der Waals surface area contributed by atoms with Gasteiger partial charge in [0.2, 0.25) is 5.91 Å². The van der Waals surface area contributed by atoms with Crippen LogP contribution in [0.15, 0.2) is 0 Å². The Labute approximate surface area is 114 Å². The van der Waals surface area contributed by atoms with Crippen molar-refractivity contribution in [2.24, 2.45) is 0 Å². The van der Waals surface area contributed by atoms with Crippen LogP contribution in [0.5, 0.6) is 0 Å². The highest BCUT2D eigenvalue weighted by molar-refractivity contribution is 5.81. The van der Waals surface area contributed by atoms with Crippen LogP contribution >= 0.6 is 0 Å². The molecule has 6 heteroatoms. The summed E-state index contributed by atoms with van der Waals surface area (Å²) in [5.41, 5.74) is 6.73. The Kier molecular flexibility index (Phi) is 5.09. The highest BCUT2D eigenvalue weighted by Gasteiger charge is 2.17. The van der Waals surface area contributed by atoms with Crippen molar-refractivity contribution < 1.29 is 4.79 Å². The number of likely N-dealkylation sites (N-methyl/N-ethyl adjacent to an activating group) is 2. The fourth-order valence-corrected chi connectivity index (χ4v) is 1.68. The lowest BCUT2D eigenvalue weighted by molar-refractivity contribution is -0.127. The molecule has 0 fully saturated rings. The topological polar surface area (TPSA) is 75.3 Å². The smallest absolute Gasteiger partial charge is 0.241 e. The van der Waals surface area contributed by atoms with Gasteiger partial charge in [-0.2, -0.15) is 0 Å². The second kappa shape index (κ2) is 6.36. The summed E-state index contributed by atoms with van der Waals surface area (Å²) in [5, 5.41) is 0. The van der Waals surface area contributed by atoms with E-state index in [-0.39, 0.29) is 5.91 Å². The third-order valence-electron chi connectivity index (χ3n) is 3.03. The van der Waals surface area contributed by atoms with Gasteiger partial charge in [0.15, 0.2) is 0 Å². The van der Waals surface area contributed by atoms with E-state index in [0.29, 0.717) is 24.7 Å². The molecule has 1 aromatic rings. The van der Waals surface area contributed by atoms with E-state index in [1.165, 1.54) is 0 Å². The molecule has 0 aliphatic rings. The van der Waals surface area contributed by atoms with Crippen molar-refractivity contribution in [2.45, 2.75) is 27.2 Å². The van der Waals surface area contributed by atoms with Gasteiger partial charge in [-0.1, -0.05) is 6.92 Å². The number of rotatable bonds is 5. The normalized spacial score (nSPS) is 10.4. The number of anilines is 2. The van der Waals surface area contributed by atoms with E-state index in [2.05, 4.69) is 9.97 Å². The largest absolute Gasteiger partial charge is 0.383 e. The average molecular weight is 265 g/mol. The van der Waals surface area contributed by atoms with E-state index in [1.807, 2.05) is 25.7 Å². The molecule has 0 radical (unpaired) electrons. The number of nitrogens with zero attached hydrogens (tertiary/aromatic N) is 4. The number of carbonyl (C=O) groups excluding carboxylic acids is 1. The van der Waals surface area contributed by atoms with Crippen LogP contribution in [0.1, 0.15) is 25.2 Å². The van der Waals surface area contributed by atoms with Gasteiger partial charge < -0.3 is 15.5 Å². The minimum atomic E-state index is 0.0384. The summed E-state index contributed by atoms with van der Waals surface area (Å²) in [7, 11) is 3.49. The third-order valence-corrected chi connectivity index (χ3v) is 3.03. The molecule has 106 valence electrons. The van der Waals surface area contributed by atoms with Gasteiger partial charge in [0.05, 0.1) is 6.54 Å². The Morgan fingerprint density at radius 1 is 1.26 bits per heavy atom. The molecule has 0 unspecified atom stereocenters. The summed E-state index contributed by atoms with van der Waals surface area (Å²) in [6, 6.07) is 0. The Morgan fingerprint density at radius 3 is 2.37 bits per heavy atom. The lowest BCUT2D eigenvalue weighted by Gasteiger charge is -2.25. The van der Waals surface area contributed by atoms with E-state index in [9.17, 15) is 4.79 Å². The third kappa shape index (κ3) is 3.56. The highest BCUT2D eigenvalue weighted by Crippen LogP contribution is 2.21. The van der Waals surface area contributed by atoms with Crippen molar-refractivity contribution in [3.05, 3.63) is 11.4 Å². The van der Waals surface area contributed by atoms with Crippen molar-refractivity contribution in [1.82, 2.24) is 14.9 Å². The first-order valence-electron chi connectivity index (χ1n) is 6.48. The standard InChI is InChI=1S/C13H23N5O/c1-6-10-15-12(14)9(3)13(16-10)18(7-2)8-11(19)17(4)5/h6-8H2,1-5H3,(H2,14,15,16). The predicted molar refractivity (Wildman–Crippen MR) is 77.1 cm³/mol. The van der Waals surface area contributed by atoms with Crippen molar-refractivity contribution in [3.8, 4) is 0 Å². The SMILES string of the molecule is CCc1nc(N)c(C)c(N(CC)CC(=O)N(C)C)n1. The summed E-state index contributed by atoms with van der Waals surface area (Å²) < 4.78 is 0. The molecular weight excluding hydrogens is 242 g/mol. The second-order valence-corrected chi connectivity index (χ2v) is 4.63. The molecule has 6 nitrogen and oxygen atoms in total. The Hall–Kier alpha value is -1.85. The molecule has 0 bridgehead atoms. The number of aryl methyl sites for hydroxylation is 1. The lowest BCUT2D eigenvalue weighted by atomic mass is 10.2. The molecule has 0 saturated heterocycles. The van der Waals surface area contributed by atoms with Crippen LogP contribution in [0.4, 0.5) is 11.6 Å². The van der Waals surface area contributed by atoms with E-state index < -0.39 is 0 Å². The van der Waals surface area contributed by atoms with E-state index in [4.69, 9.17) is 5.73 Å². The molecule has 1 heterocycles. The number of aromatic nitrogens is 2. The van der Waals surface area contributed by atoms with Crippen LogP contribution in [-0.4, -0.2) is 48.0 Å². The molecule has 2 N–H and O–H groups in total. The van der Waals surface area contributed by atoms with Crippen LogP contribution in [0.25, 0.3) is 0 Å². The zero-order valence-electron chi connectivity index (χ0n) is 12.4. The van der Waals surface area contributed by atoms with Gasteiger partial charge in [0, 0.05) is 32.6 Å². The van der Waals surface area contributed by atoms with Gasteiger partial charge in [0.1, 0.15) is 17.5 Å². The molecular formula is C13H23N5O. The zero-order valence-corrected chi connectivity index (χ0v) is 12.4. The maximum absolute atomic E-state index is 11.8. The Bertz CT molecular complexity index is 459. The molecule has 0 aliphatic heterocycles. The summed E-state index contributed by atoms with van der Waals surface area (Å²) in [6.45, 7) is 6.85. The van der Waals surface area contributed by atoms with Gasteiger partial charge in [0.25, 0.3) is 0 Å². The highest BCUT2D eigenvalue weighted by atomic mass is 16.2. The Balaban J connectivity index is 3.10. The molecule has 19 heavy (non-hydrogen) atoms. The second-order valence-electron chi connectivity index (χ2n) is 4.63. The fourth-order valence-electron chi connectivity index (χ4n) is 1.68. The van der Waals surface area contributed by atoms with E-state index in [1.54, 1.807) is 19.0 Å². The molecule has 1 amide bonds. The maximum atomic E-state index is 11.8.